The van der Waals surface area contributed by atoms with Gasteiger partial charge in [-0.2, -0.15) is 5.10 Å². The van der Waals surface area contributed by atoms with Gasteiger partial charge >= 0.3 is 0 Å². The van der Waals surface area contributed by atoms with E-state index in [9.17, 15) is 9.59 Å². The summed E-state index contributed by atoms with van der Waals surface area (Å²) in [7, 11) is 1.57. The van der Waals surface area contributed by atoms with Crippen LogP contribution in [0.5, 0.6) is 0 Å². The molecular formula is C14H12ClN3O2. The number of ketones is 1. The van der Waals surface area contributed by atoms with Crippen molar-refractivity contribution in [2.24, 2.45) is 4.99 Å². The highest BCUT2D eigenvalue weighted by molar-refractivity contribution is 6.30. The summed E-state index contributed by atoms with van der Waals surface area (Å²) in [6.45, 7) is 0. The summed E-state index contributed by atoms with van der Waals surface area (Å²) in [4.78, 5) is 27.3. The first kappa shape index (κ1) is 14.1. The average Bonchev–Trinajstić information content (AvgIpc) is 2.46. The van der Waals surface area contributed by atoms with Gasteiger partial charge in [0.15, 0.2) is 11.5 Å². The van der Waals surface area contributed by atoms with Crippen LogP contribution >= 0.6 is 11.6 Å². The van der Waals surface area contributed by atoms with Crippen LogP contribution < -0.4 is 5.43 Å². The SMILES string of the molecule is CN=CCC(=O)c1nn(-c2ccc(Cl)cc2)ccc1=O. The lowest BCUT2D eigenvalue weighted by Gasteiger charge is -2.06. The molecule has 0 N–H and O–H groups in total. The minimum Gasteiger partial charge on any atom is -0.300 e. The van der Waals surface area contributed by atoms with Crippen LogP contribution in [0.2, 0.25) is 5.02 Å². The monoisotopic (exact) mass is 289 g/mol. The molecular weight excluding hydrogens is 278 g/mol. The van der Waals surface area contributed by atoms with Crippen LogP contribution in [-0.4, -0.2) is 28.8 Å². The number of nitrogens with zero attached hydrogens (tertiary/aromatic N) is 3. The van der Waals surface area contributed by atoms with Gasteiger partial charge in [0.25, 0.3) is 0 Å². The molecule has 0 aliphatic carbocycles. The Morgan fingerprint density at radius 3 is 2.70 bits per heavy atom. The number of hydrogen-bond donors (Lipinski definition) is 0. The zero-order valence-electron chi connectivity index (χ0n) is 10.8. The summed E-state index contributed by atoms with van der Waals surface area (Å²) >= 11 is 5.81. The van der Waals surface area contributed by atoms with E-state index in [0.717, 1.165) is 0 Å². The summed E-state index contributed by atoms with van der Waals surface area (Å²) in [5, 5.41) is 4.68. The molecule has 5 nitrogen and oxygen atoms in total. The average molecular weight is 290 g/mol. The molecule has 0 radical (unpaired) electrons. The summed E-state index contributed by atoms with van der Waals surface area (Å²) < 4.78 is 1.47. The molecule has 2 rings (SSSR count). The molecule has 0 aliphatic rings. The number of halogens is 1. The minimum absolute atomic E-state index is 0.0589. The quantitative estimate of drug-likeness (QED) is 0.640. The molecule has 1 aromatic heterocycles. The summed E-state index contributed by atoms with van der Waals surface area (Å²) in [6, 6.07) is 8.24. The van der Waals surface area contributed by atoms with Gasteiger partial charge in [0.2, 0.25) is 5.43 Å². The molecule has 0 aliphatic heterocycles. The Hall–Kier alpha value is -2.27. The van der Waals surface area contributed by atoms with Gasteiger partial charge in [0.05, 0.1) is 5.69 Å². The van der Waals surface area contributed by atoms with Crippen molar-refractivity contribution in [2.75, 3.05) is 7.05 Å². The maximum atomic E-state index is 11.9. The highest BCUT2D eigenvalue weighted by Gasteiger charge is 2.12. The molecule has 0 saturated carbocycles. The van der Waals surface area contributed by atoms with E-state index in [1.54, 1.807) is 31.3 Å². The van der Waals surface area contributed by atoms with Gasteiger partial charge in [0, 0.05) is 37.0 Å². The normalized spacial score (nSPS) is 10.9. The van der Waals surface area contributed by atoms with E-state index in [1.807, 2.05) is 0 Å². The highest BCUT2D eigenvalue weighted by Crippen LogP contribution is 2.12. The number of carbonyl (C=O) groups is 1. The molecule has 0 unspecified atom stereocenters. The number of carbonyl (C=O) groups excluding carboxylic acids is 1. The van der Waals surface area contributed by atoms with Crippen LogP contribution in [0, 0.1) is 0 Å². The molecule has 0 spiro atoms. The van der Waals surface area contributed by atoms with Crippen molar-refractivity contribution in [1.29, 1.82) is 0 Å². The summed E-state index contributed by atoms with van der Waals surface area (Å²) in [6.07, 6.45) is 3.02. The van der Waals surface area contributed by atoms with Crippen molar-refractivity contribution in [1.82, 2.24) is 9.78 Å². The number of benzene rings is 1. The van der Waals surface area contributed by atoms with Crippen molar-refractivity contribution >= 4 is 23.6 Å². The molecule has 20 heavy (non-hydrogen) atoms. The third-order valence-electron chi connectivity index (χ3n) is 2.62. The van der Waals surface area contributed by atoms with Crippen LogP contribution in [0.3, 0.4) is 0 Å². The third kappa shape index (κ3) is 3.19. The second-order valence-corrected chi connectivity index (χ2v) is 4.45. The molecule has 1 aromatic carbocycles. The van der Waals surface area contributed by atoms with E-state index in [0.29, 0.717) is 10.7 Å². The predicted molar refractivity (Wildman–Crippen MR) is 78.2 cm³/mol. The Morgan fingerprint density at radius 1 is 1.35 bits per heavy atom. The van der Waals surface area contributed by atoms with Gasteiger partial charge in [-0.1, -0.05) is 11.6 Å². The Balaban J connectivity index is 2.40. The third-order valence-corrected chi connectivity index (χ3v) is 2.87. The topological polar surface area (TPSA) is 64.3 Å². The Bertz CT molecular complexity index is 705. The fourth-order valence-electron chi connectivity index (χ4n) is 1.61. The Labute approximate surface area is 120 Å². The molecule has 0 fully saturated rings. The van der Waals surface area contributed by atoms with E-state index in [4.69, 9.17) is 11.6 Å². The highest BCUT2D eigenvalue weighted by atomic mass is 35.5. The number of hydrogen-bond acceptors (Lipinski definition) is 4. The van der Waals surface area contributed by atoms with E-state index >= 15 is 0 Å². The second kappa shape index (κ2) is 6.25. The summed E-state index contributed by atoms with van der Waals surface area (Å²) in [5.41, 5.74) is 0.222. The summed E-state index contributed by atoms with van der Waals surface area (Å²) in [5.74, 6) is -0.357. The lowest BCUT2D eigenvalue weighted by molar-refractivity contribution is 0.0994. The molecule has 6 heteroatoms. The zero-order valence-corrected chi connectivity index (χ0v) is 11.5. The zero-order chi connectivity index (χ0) is 14.5. The fraction of sp³-hybridized carbons (Fsp3) is 0.143. The van der Waals surface area contributed by atoms with E-state index in [2.05, 4.69) is 10.1 Å². The number of rotatable bonds is 4. The molecule has 0 saturated heterocycles. The van der Waals surface area contributed by atoms with Crippen molar-refractivity contribution < 1.29 is 4.79 Å². The predicted octanol–water partition coefficient (Wildman–Crippen LogP) is 2.16. The Kier molecular flexibility index (Phi) is 4.42. The van der Waals surface area contributed by atoms with E-state index < -0.39 is 5.43 Å². The van der Waals surface area contributed by atoms with Gasteiger partial charge in [-0.05, 0) is 24.3 Å². The Morgan fingerprint density at radius 2 is 2.05 bits per heavy atom. The smallest absolute Gasteiger partial charge is 0.211 e. The fourth-order valence-corrected chi connectivity index (χ4v) is 1.74. The molecule has 0 atom stereocenters. The molecule has 0 bridgehead atoms. The number of Topliss-reactive ketones (excluding diaryl/α,β-unsaturated/α-hetero) is 1. The lowest BCUT2D eigenvalue weighted by Crippen LogP contribution is -2.20. The van der Waals surface area contributed by atoms with Crippen LogP contribution in [0.25, 0.3) is 5.69 Å². The second-order valence-electron chi connectivity index (χ2n) is 4.02. The van der Waals surface area contributed by atoms with E-state index in [-0.39, 0.29) is 17.9 Å². The first-order chi connectivity index (χ1) is 9.61. The van der Waals surface area contributed by atoms with Crippen LogP contribution in [0.4, 0.5) is 0 Å². The van der Waals surface area contributed by atoms with Gasteiger partial charge in [-0.25, -0.2) is 4.68 Å². The van der Waals surface area contributed by atoms with Gasteiger partial charge < -0.3 is 4.99 Å². The first-order valence-electron chi connectivity index (χ1n) is 5.91. The van der Waals surface area contributed by atoms with Crippen LogP contribution in [-0.2, 0) is 0 Å². The van der Waals surface area contributed by atoms with Gasteiger partial charge in [-0.15, -0.1) is 0 Å². The molecule has 1 heterocycles. The number of aliphatic imine (C=N–C) groups is 1. The van der Waals surface area contributed by atoms with Gasteiger partial charge in [0.1, 0.15) is 0 Å². The number of aromatic nitrogens is 2. The minimum atomic E-state index is -0.398. The molecule has 2 aromatic rings. The lowest BCUT2D eigenvalue weighted by atomic mass is 10.2. The van der Waals surface area contributed by atoms with Gasteiger partial charge in [-0.3, -0.25) is 9.59 Å². The molecule has 0 amide bonds. The van der Waals surface area contributed by atoms with Crippen molar-refractivity contribution in [3.63, 3.8) is 0 Å². The largest absolute Gasteiger partial charge is 0.300 e. The van der Waals surface area contributed by atoms with Crippen LogP contribution in [0.1, 0.15) is 16.9 Å². The first-order valence-corrected chi connectivity index (χ1v) is 6.29. The van der Waals surface area contributed by atoms with Crippen molar-refractivity contribution in [3.05, 3.63) is 57.5 Å². The molecule has 102 valence electrons. The van der Waals surface area contributed by atoms with E-state index in [1.165, 1.54) is 23.2 Å². The standard InChI is InChI=1S/C14H12ClN3O2/c1-16-8-6-12(19)14-13(20)7-9-18(17-14)11-4-2-10(15)3-5-11/h2-5,7-9H,6H2,1H3. The van der Waals surface area contributed by atoms with Crippen molar-refractivity contribution in [2.45, 2.75) is 6.42 Å². The maximum Gasteiger partial charge on any atom is 0.211 e. The maximum absolute atomic E-state index is 11.9. The van der Waals surface area contributed by atoms with Crippen LogP contribution in [0.15, 0.2) is 46.3 Å². The van der Waals surface area contributed by atoms with Crippen molar-refractivity contribution in [3.8, 4) is 5.69 Å².